The zero-order valence-corrected chi connectivity index (χ0v) is 11.8. The molecule has 0 bridgehead atoms. The average molecular weight is 268 g/mol. The molecule has 1 aromatic rings. The van der Waals surface area contributed by atoms with Crippen LogP contribution < -0.4 is 10.5 Å². The molecule has 1 aliphatic rings. The molecule has 1 aromatic carbocycles. The first kappa shape index (κ1) is 13.7. The fourth-order valence-electron chi connectivity index (χ4n) is 2.59. The van der Waals surface area contributed by atoms with Crippen LogP contribution in [0.1, 0.15) is 44.1 Å². The Kier molecular flexibility index (Phi) is 4.52. The lowest BCUT2D eigenvalue weighted by Crippen LogP contribution is -2.42. The average Bonchev–Trinajstić information content (AvgIpc) is 2.34. The molecule has 0 unspecified atom stereocenters. The Hall–Kier alpha value is -0.730. The van der Waals surface area contributed by atoms with Crippen LogP contribution >= 0.6 is 11.6 Å². The molecule has 0 amide bonds. The summed E-state index contributed by atoms with van der Waals surface area (Å²) < 4.78 is 5.77. The summed E-state index contributed by atoms with van der Waals surface area (Å²) in [5.74, 6) is 0.885. The van der Waals surface area contributed by atoms with Crippen LogP contribution in [0.5, 0.6) is 5.75 Å². The van der Waals surface area contributed by atoms with Gasteiger partial charge < -0.3 is 10.5 Å². The second-order valence-electron chi connectivity index (χ2n) is 5.43. The molecule has 0 spiro atoms. The molecule has 0 saturated heterocycles. The van der Waals surface area contributed by atoms with E-state index < -0.39 is 0 Å². The Labute approximate surface area is 114 Å². The summed E-state index contributed by atoms with van der Waals surface area (Å²) in [7, 11) is 0. The molecule has 0 aromatic heterocycles. The predicted octanol–water partition coefficient (Wildman–Crippen LogP) is 4.08. The highest BCUT2D eigenvalue weighted by Crippen LogP contribution is 2.29. The third kappa shape index (κ3) is 3.63. The van der Waals surface area contributed by atoms with Crippen molar-refractivity contribution in [3.8, 4) is 5.75 Å². The Morgan fingerprint density at radius 2 is 2.00 bits per heavy atom. The molecule has 2 nitrogen and oxygen atoms in total. The monoisotopic (exact) mass is 267 g/mol. The maximum atomic E-state index is 6.38. The Morgan fingerprint density at radius 1 is 1.28 bits per heavy atom. The standard InChI is InChI=1S/C15H22ClNO/c1-12-11-13(5-6-14(12)16)18-10-9-15(17)7-3-2-4-8-15/h5-6,11H,2-4,7-10,17H2,1H3. The highest BCUT2D eigenvalue weighted by atomic mass is 35.5. The molecular formula is C15H22ClNO. The van der Waals surface area contributed by atoms with Gasteiger partial charge in [-0.15, -0.1) is 0 Å². The molecule has 1 fully saturated rings. The van der Waals surface area contributed by atoms with Crippen LogP contribution in [0.25, 0.3) is 0 Å². The van der Waals surface area contributed by atoms with E-state index in [0.717, 1.165) is 35.6 Å². The number of ether oxygens (including phenoxy) is 1. The van der Waals surface area contributed by atoms with Gasteiger partial charge >= 0.3 is 0 Å². The van der Waals surface area contributed by atoms with Crippen molar-refractivity contribution in [3.05, 3.63) is 28.8 Å². The minimum atomic E-state index is -0.000278. The van der Waals surface area contributed by atoms with Gasteiger partial charge in [0.1, 0.15) is 5.75 Å². The molecule has 2 rings (SSSR count). The lowest BCUT2D eigenvalue weighted by Gasteiger charge is -2.33. The molecule has 18 heavy (non-hydrogen) atoms. The fourth-order valence-corrected chi connectivity index (χ4v) is 2.70. The molecule has 1 saturated carbocycles. The van der Waals surface area contributed by atoms with Crippen LogP contribution in [0, 0.1) is 6.92 Å². The van der Waals surface area contributed by atoms with Gasteiger partial charge in [-0.2, -0.15) is 0 Å². The van der Waals surface area contributed by atoms with E-state index in [1.165, 1.54) is 19.3 Å². The smallest absolute Gasteiger partial charge is 0.119 e. The lowest BCUT2D eigenvalue weighted by molar-refractivity contribution is 0.214. The van der Waals surface area contributed by atoms with Crippen LogP contribution in [0.4, 0.5) is 0 Å². The second kappa shape index (κ2) is 5.94. The minimum absolute atomic E-state index is 0.000278. The van der Waals surface area contributed by atoms with E-state index in [-0.39, 0.29) is 5.54 Å². The van der Waals surface area contributed by atoms with Crippen molar-refractivity contribution in [2.24, 2.45) is 5.73 Å². The summed E-state index contributed by atoms with van der Waals surface area (Å²) in [6.07, 6.45) is 7.06. The van der Waals surface area contributed by atoms with E-state index in [1.807, 2.05) is 25.1 Å². The van der Waals surface area contributed by atoms with E-state index >= 15 is 0 Å². The van der Waals surface area contributed by atoms with Gasteiger partial charge in [0, 0.05) is 10.6 Å². The summed E-state index contributed by atoms with van der Waals surface area (Å²) in [6, 6.07) is 5.77. The molecule has 0 heterocycles. The molecule has 0 radical (unpaired) electrons. The first-order chi connectivity index (χ1) is 8.59. The SMILES string of the molecule is Cc1cc(OCCC2(N)CCCCC2)ccc1Cl. The van der Waals surface area contributed by atoms with Crippen molar-refractivity contribution in [2.45, 2.75) is 51.0 Å². The highest BCUT2D eigenvalue weighted by Gasteiger charge is 2.26. The second-order valence-corrected chi connectivity index (χ2v) is 5.84. The quantitative estimate of drug-likeness (QED) is 0.892. The van der Waals surface area contributed by atoms with Crippen molar-refractivity contribution in [1.29, 1.82) is 0 Å². The van der Waals surface area contributed by atoms with E-state index in [0.29, 0.717) is 6.61 Å². The van der Waals surface area contributed by atoms with E-state index in [1.54, 1.807) is 0 Å². The summed E-state index contributed by atoms with van der Waals surface area (Å²) in [6.45, 7) is 2.68. The molecular weight excluding hydrogens is 246 g/mol. The number of rotatable bonds is 4. The third-order valence-electron chi connectivity index (χ3n) is 3.85. The first-order valence-electron chi connectivity index (χ1n) is 6.77. The van der Waals surface area contributed by atoms with Gasteiger partial charge in [-0.1, -0.05) is 30.9 Å². The third-order valence-corrected chi connectivity index (χ3v) is 4.27. The number of hydrogen-bond acceptors (Lipinski definition) is 2. The van der Waals surface area contributed by atoms with E-state index in [2.05, 4.69) is 0 Å². The topological polar surface area (TPSA) is 35.2 Å². The maximum absolute atomic E-state index is 6.38. The minimum Gasteiger partial charge on any atom is -0.494 e. The summed E-state index contributed by atoms with van der Waals surface area (Å²) in [5.41, 5.74) is 7.43. The summed E-state index contributed by atoms with van der Waals surface area (Å²) >= 11 is 5.98. The van der Waals surface area contributed by atoms with Gasteiger partial charge in [0.15, 0.2) is 0 Å². The van der Waals surface area contributed by atoms with Gasteiger partial charge in [0.25, 0.3) is 0 Å². The Morgan fingerprint density at radius 3 is 2.67 bits per heavy atom. The number of nitrogens with two attached hydrogens (primary N) is 1. The largest absolute Gasteiger partial charge is 0.494 e. The molecule has 0 aliphatic heterocycles. The van der Waals surface area contributed by atoms with Gasteiger partial charge in [-0.25, -0.2) is 0 Å². The molecule has 0 atom stereocenters. The number of halogens is 1. The predicted molar refractivity (Wildman–Crippen MR) is 76.3 cm³/mol. The normalized spacial score (nSPS) is 18.6. The number of hydrogen-bond donors (Lipinski definition) is 1. The maximum Gasteiger partial charge on any atom is 0.119 e. The summed E-state index contributed by atoms with van der Waals surface area (Å²) in [4.78, 5) is 0. The van der Waals surface area contributed by atoms with Crippen LogP contribution in [0.3, 0.4) is 0 Å². The Balaban J connectivity index is 1.82. The summed E-state index contributed by atoms with van der Waals surface area (Å²) in [5, 5.41) is 0.782. The molecule has 100 valence electrons. The lowest BCUT2D eigenvalue weighted by atomic mass is 9.80. The fraction of sp³-hybridized carbons (Fsp3) is 0.600. The molecule has 1 aliphatic carbocycles. The zero-order chi connectivity index (χ0) is 13.0. The van der Waals surface area contributed by atoms with E-state index in [9.17, 15) is 0 Å². The number of benzene rings is 1. The molecule has 2 N–H and O–H groups in total. The molecule has 3 heteroatoms. The van der Waals surface area contributed by atoms with Gasteiger partial charge in [-0.05, 0) is 49.9 Å². The van der Waals surface area contributed by atoms with Crippen molar-refractivity contribution in [2.75, 3.05) is 6.61 Å². The number of aryl methyl sites for hydroxylation is 1. The Bertz CT molecular complexity index is 399. The van der Waals surface area contributed by atoms with Crippen LogP contribution in [0.15, 0.2) is 18.2 Å². The van der Waals surface area contributed by atoms with Gasteiger partial charge in [0.05, 0.1) is 6.61 Å². The first-order valence-corrected chi connectivity index (χ1v) is 7.15. The van der Waals surface area contributed by atoms with Crippen molar-refractivity contribution >= 4 is 11.6 Å². The van der Waals surface area contributed by atoms with Crippen molar-refractivity contribution in [1.82, 2.24) is 0 Å². The van der Waals surface area contributed by atoms with Crippen molar-refractivity contribution in [3.63, 3.8) is 0 Å². The van der Waals surface area contributed by atoms with Crippen molar-refractivity contribution < 1.29 is 4.74 Å². The van der Waals surface area contributed by atoms with Crippen LogP contribution in [-0.4, -0.2) is 12.1 Å². The zero-order valence-electron chi connectivity index (χ0n) is 11.0. The van der Waals surface area contributed by atoms with Gasteiger partial charge in [0.2, 0.25) is 0 Å². The van der Waals surface area contributed by atoms with Gasteiger partial charge in [-0.3, -0.25) is 0 Å². The van der Waals surface area contributed by atoms with Crippen LogP contribution in [-0.2, 0) is 0 Å². The van der Waals surface area contributed by atoms with Crippen LogP contribution in [0.2, 0.25) is 5.02 Å². The van der Waals surface area contributed by atoms with E-state index in [4.69, 9.17) is 22.1 Å². The highest BCUT2D eigenvalue weighted by molar-refractivity contribution is 6.31.